The van der Waals surface area contributed by atoms with Crippen LogP contribution >= 0.6 is 0 Å². The molecule has 2 heterocycles. The Kier molecular flexibility index (Phi) is 3.57. The predicted molar refractivity (Wildman–Crippen MR) is 81.2 cm³/mol. The van der Waals surface area contributed by atoms with E-state index in [2.05, 4.69) is 10.1 Å². The molecule has 0 radical (unpaired) electrons. The highest BCUT2D eigenvalue weighted by Crippen LogP contribution is 2.33. The van der Waals surface area contributed by atoms with Gasteiger partial charge in [-0.3, -0.25) is 0 Å². The van der Waals surface area contributed by atoms with E-state index in [9.17, 15) is 8.42 Å². The fourth-order valence-corrected chi connectivity index (χ4v) is 4.91. The molecule has 118 valence electrons. The van der Waals surface area contributed by atoms with Gasteiger partial charge in [0.25, 0.3) is 0 Å². The second-order valence-corrected chi connectivity index (χ2v) is 7.80. The molecule has 1 aromatic heterocycles. The molecular weight excluding hydrogens is 302 g/mol. The van der Waals surface area contributed by atoms with Crippen molar-refractivity contribution in [1.29, 1.82) is 0 Å². The molecule has 1 aliphatic rings. The van der Waals surface area contributed by atoms with E-state index in [1.165, 1.54) is 4.31 Å². The molecule has 0 saturated carbocycles. The number of aryl methyl sites for hydroxylation is 4. The monoisotopic (exact) mass is 321 g/mol. The summed E-state index contributed by atoms with van der Waals surface area (Å²) in [5.41, 5.74) is 2.64. The highest BCUT2D eigenvalue weighted by atomic mass is 32.2. The zero-order chi connectivity index (χ0) is 16.1. The Morgan fingerprint density at radius 3 is 2.23 bits per heavy atom. The summed E-state index contributed by atoms with van der Waals surface area (Å²) >= 11 is 0. The van der Waals surface area contributed by atoms with Gasteiger partial charge in [0.15, 0.2) is 5.82 Å². The van der Waals surface area contributed by atoms with Crippen LogP contribution in [0.5, 0.6) is 0 Å². The van der Waals surface area contributed by atoms with Crippen molar-refractivity contribution < 1.29 is 12.9 Å². The lowest BCUT2D eigenvalue weighted by Gasteiger charge is -2.36. The lowest BCUT2D eigenvalue weighted by Crippen LogP contribution is -2.48. The van der Waals surface area contributed by atoms with Crippen LogP contribution in [0.1, 0.15) is 34.3 Å². The summed E-state index contributed by atoms with van der Waals surface area (Å²) in [5, 5.41) is 3.75. The molecule has 0 bridgehead atoms. The number of aromatic nitrogens is 2. The van der Waals surface area contributed by atoms with E-state index in [0.29, 0.717) is 29.7 Å². The molecule has 0 aliphatic carbocycles. The van der Waals surface area contributed by atoms with Crippen LogP contribution in [-0.4, -0.2) is 36.0 Å². The van der Waals surface area contributed by atoms with Crippen molar-refractivity contribution in [2.45, 2.75) is 38.5 Å². The summed E-state index contributed by atoms with van der Waals surface area (Å²) in [7, 11) is -3.47. The van der Waals surface area contributed by atoms with Gasteiger partial charge in [-0.25, -0.2) is 8.42 Å². The topological polar surface area (TPSA) is 76.3 Å². The molecule has 2 aromatic rings. The van der Waals surface area contributed by atoms with E-state index in [1.807, 2.05) is 32.9 Å². The fourth-order valence-electron chi connectivity index (χ4n) is 2.97. The van der Waals surface area contributed by atoms with Gasteiger partial charge in [-0.2, -0.15) is 9.29 Å². The summed E-state index contributed by atoms with van der Waals surface area (Å²) in [6, 6.07) is 3.80. The van der Waals surface area contributed by atoms with Gasteiger partial charge in [-0.1, -0.05) is 22.9 Å². The normalized spacial score (nSPS) is 16.7. The maximum atomic E-state index is 12.8. The van der Waals surface area contributed by atoms with Crippen molar-refractivity contribution in [2.75, 3.05) is 13.1 Å². The quantitative estimate of drug-likeness (QED) is 0.865. The fraction of sp³-hybridized carbons (Fsp3) is 0.467. The van der Waals surface area contributed by atoms with Gasteiger partial charge in [0.2, 0.25) is 15.9 Å². The Hall–Kier alpha value is -1.73. The highest BCUT2D eigenvalue weighted by Gasteiger charge is 2.41. The molecule has 22 heavy (non-hydrogen) atoms. The van der Waals surface area contributed by atoms with Crippen molar-refractivity contribution >= 4 is 10.0 Å². The molecule has 0 N–H and O–H groups in total. The van der Waals surface area contributed by atoms with Gasteiger partial charge in [-0.05, 0) is 38.8 Å². The number of sulfonamides is 1. The Morgan fingerprint density at radius 1 is 1.14 bits per heavy atom. The summed E-state index contributed by atoms with van der Waals surface area (Å²) in [4.78, 5) is 4.58. The van der Waals surface area contributed by atoms with Crippen LogP contribution in [0.25, 0.3) is 0 Å². The van der Waals surface area contributed by atoms with Gasteiger partial charge in [0.05, 0.1) is 10.8 Å². The minimum absolute atomic E-state index is 0.0120. The average Bonchev–Trinajstić information content (AvgIpc) is 2.71. The first-order valence-electron chi connectivity index (χ1n) is 7.17. The standard InChI is InChI=1S/C15H19N3O3S/c1-9-5-10(2)14(11(3)6-9)22(19,20)18-7-13(8-18)15-16-12(4)17-21-15/h5-6,13H,7-8H2,1-4H3. The Bertz CT molecular complexity index is 797. The minimum Gasteiger partial charge on any atom is -0.339 e. The molecule has 0 unspecified atom stereocenters. The highest BCUT2D eigenvalue weighted by molar-refractivity contribution is 7.89. The molecule has 0 atom stereocenters. The number of nitrogens with zero attached hydrogens (tertiary/aromatic N) is 3. The van der Waals surface area contributed by atoms with Crippen LogP contribution in [0.3, 0.4) is 0 Å². The lowest BCUT2D eigenvalue weighted by molar-refractivity contribution is 0.216. The Morgan fingerprint density at radius 2 is 1.73 bits per heavy atom. The van der Waals surface area contributed by atoms with Gasteiger partial charge in [0.1, 0.15) is 0 Å². The predicted octanol–water partition coefficient (Wildman–Crippen LogP) is 2.09. The Labute approximate surface area is 130 Å². The summed E-state index contributed by atoms with van der Waals surface area (Å²) in [6.07, 6.45) is 0. The molecule has 1 saturated heterocycles. The molecule has 6 nitrogen and oxygen atoms in total. The summed E-state index contributed by atoms with van der Waals surface area (Å²) < 4.78 is 32.2. The van der Waals surface area contributed by atoms with Crippen LogP contribution < -0.4 is 0 Å². The van der Waals surface area contributed by atoms with Gasteiger partial charge in [-0.15, -0.1) is 0 Å². The van der Waals surface area contributed by atoms with Crippen LogP contribution in [-0.2, 0) is 10.0 Å². The van der Waals surface area contributed by atoms with Crippen molar-refractivity contribution in [2.24, 2.45) is 0 Å². The molecule has 1 fully saturated rings. The van der Waals surface area contributed by atoms with E-state index < -0.39 is 10.0 Å². The van der Waals surface area contributed by atoms with Crippen LogP contribution in [0.15, 0.2) is 21.6 Å². The number of benzene rings is 1. The third-order valence-corrected chi connectivity index (χ3v) is 6.08. The largest absolute Gasteiger partial charge is 0.339 e. The maximum Gasteiger partial charge on any atom is 0.243 e. The van der Waals surface area contributed by atoms with Gasteiger partial charge >= 0.3 is 0 Å². The third-order valence-electron chi connectivity index (χ3n) is 3.94. The van der Waals surface area contributed by atoms with E-state index in [4.69, 9.17) is 4.52 Å². The average molecular weight is 321 g/mol. The van der Waals surface area contributed by atoms with E-state index in [-0.39, 0.29) is 5.92 Å². The van der Waals surface area contributed by atoms with E-state index in [1.54, 1.807) is 6.92 Å². The molecule has 1 aromatic carbocycles. The van der Waals surface area contributed by atoms with E-state index >= 15 is 0 Å². The van der Waals surface area contributed by atoms with Crippen LogP contribution in [0, 0.1) is 27.7 Å². The van der Waals surface area contributed by atoms with Crippen molar-refractivity contribution in [1.82, 2.24) is 14.4 Å². The first-order valence-corrected chi connectivity index (χ1v) is 8.61. The molecular formula is C15H19N3O3S. The minimum atomic E-state index is -3.47. The second kappa shape index (κ2) is 5.17. The number of hydrogen-bond donors (Lipinski definition) is 0. The second-order valence-electron chi connectivity index (χ2n) is 5.93. The molecule has 0 spiro atoms. The molecule has 1 aliphatic heterocycles. The molecule has 0 amide bonds. The van der Waals surface area contributed by atoms with Crippen molar-refractivity contribution in [3.63, 3.8) is 0 Å². The SMILES string of the molecule is Cc1cc(C)c(S(=O)(=O)N2CC(c3nc(C)no3)C2)c(C)c1. The van der Waals surface area contributed by atoms with Crippen molar-refractivity contribution in [3.05, 3.63) is 40.5 Å². The van der Waals surface area contributed by atoms with Crippen LogP contribution in [0.4, 0.5) is 0 Å². The molecule has 7 heteroatoms. The van der Waals surface area contributed by atoms with Crippen LogP contribution in [0.2, 0.25) is 0 Å². The zero-order valence-corrected chi connectivity index (χ0v) is 13.9. The van der Waals surface area contributed by atoms with Gasteiger partial charge in [0, 0.05) is 13.1 Å². The maximum absolute atomic E-state index is 12.8. The number of rotatable bonds is 3. The lowest BCUT2D eigenvalue weighted by atomic mass is 10.0. The zero-order valence-electron chi connectivity index (χ0n) is 13.1. The first-order chi connectivity index (χ1) is 10.3. The van der Waals surface area contributed by atoms with Crippen molar-refractivity contribution in [3.8, 4) is 0 Å². The first kappa shape index (κ1) is 15.2. The summed E-state index contributed by atoms with van der Waals surface area (Å²) in [6.45, 7) is 8.16. The molecule has 3 rings (SSSR count). The van der Waals surface area contributed by atoms with Gasteiger partial charge < -0.3 is 4.52 Å². The third kappa shape index (κ3) is 2.44. The number of hydrogen-bond acceptors (Lipinski definition) is 5. The Balaban J connectivity index is 1.84. The van der Waals surface area contributed by atoms with E-state index in [0.717, 1.165) is 16.7 Å². The smallest absolute Gasteiger partial charge is 0.243 e. The summed E-state index contributed by atoms with van der Waals surface area (Å²) in [5.74, 6) is 1.07.